The molecule has 1 aromatic rings. The predicted octanol–water partition coefficient (Wildman–Crippen LogP) is 4.62. The maximum atomic E-state index is 13.7. The molecule has 1 nitrogen and oxygen atoms in total. The van der Waals surface area contributed by atoms with Crippen LogP contribution in [0.25, 0.3) is 0 Å². The average molecular weight is 263 g/mol. The van der Waals surface area contributed by atoms with Gasteiger partial charge in [0.1, 0.15) is 0 Å². The second-order valence-corrected chi connectivity index (χ2v) is 6.45. The summed E-state index contributed by atoms with van der Waals surface area (Å²) in [5, 5.41) is 9.47. The van der Waals surface area contributed by atoms with Crippen molar-refractivity contribution < 1.29 is 8.78 Å². The number of nitriles is 1. The smallest absolute Gasteiger partial charge is 0.162 e. The number of halogens is 2. The summed E-state index contributed by atoms with van der Waals surface area (Å²) in [6.45, 7) is 4.38. The van der Waals surface area contributed by atoms with Gasteiger partial charge in [0.05, 0.1) is 11.5 Å². The van der Waals surface area contributed by atoms with Crippen molar-refractivity contribution in [2.45, 2.75) is 46.0 Å². The van der Waals surface area contributed by atoms with Crippen molar-refractivity contribution >= 4 is 0 Å². The third kappa shape index (κ3) is 2.94. The Labute approximate surface area is 113 Å². The van der Waals surface area contributed by atoms with Crippen molar-refractivity contribution in [1.82, 2.24) is 0 Å². The van der Waals surface area contributed by atoms with Crippen LogP contribution in [0.15, 0.2) is 18.2 Å². The molecule has 0 bridgehead atoms. The fourth-order valence-electron chi connectivity index (χ4n) is 2.78. The first-order valence-corrected chi connectivity index (χ1v) is 6.72. The van der Waals surface area contributed by atoms with Gasteiger partial charge in [-0.3, -0.25) is 0 Å². The van der Waals surface area contributed by atoms with Gasteiger partial charge in [-0.05, 0) is 49.1 Å². The Morgan fingerprint density at radius 1 is 1.16 bits per heavy atom. The lowest BCUT2D eigenvalue weighted by molar-refractivity contribution is 0.145. The quantitative estimate of drug-likeness (QED) is 0.764. The highest BCUT2D eigenvalue weighted by molar-refractivity contribution is 5.23. The summed E-state index contributed by atoms with van der Waals surface area (Å²) in [5.74, 6) is -1.64. The summed E-state index contributed by atoms with van der Waals surface area (Å²) in [6.07, 6.45) is 3.73. The lowest BCUT2D eigenvalue weighted by Gasteiger charge is -2.39. The molecule has 0 spiro atoms. The normalized spacial score (nSPS) is 20.8. The molecule has 1 saturated carbocycles. The molecule has 1 aliphatic carbocycles. The zero-order valence-corrected chi connectivity index (χ0v) is 11.5. The molecule has 0 heterocycles. The second kappa shape index (κ2) is 4.92. The minimum atomic E-state index is -0.832. The van der Waals surface area contributed by atoms with Crippen LogP contribution in [0.2, 0.25) is 0 Å². The molecule has 1 aromatic carbocycles. The summed E-state index contributed by atoms with van der Waals surface area (Å²) < 4.78 is 27.0. The fourth-order valence-corrected chi connectivity index (χ4v) is 2.78. The fraction of sp³-hybridized carbons (Fsp3) is 0.562. The van der Waals surface area contributed by atoms with E-state index in [0.717, 1.165) is 31.7 Å². The summed E-state index contributed by atoms with van der Waals surface area (Å²) in [5.41, 5.74) is 0.0339. The van der Waals surface area contributed by atoms with Crippen LogP contribution < -0.4 is 0 Å². The van der Waals surface area contributed by atoms with Crippen LogP contribution in [-0.4, -0.2) is 0 Å². The first-order chi connectivity index (χ1) is 8.87. The molecule has 0 atom stereocenters. The van der Waals surface area contributed by atoms with Crippen LogP contribution in [0.4, 0.5) is 8.78 Å². The van der Waals surface area contributed by atoms with Gasteiger partial charge < -0.3 is 0 Å². The standard InChI is InChI=1S/C16H19F2N/c1-15(2)6-8-16(11-19,9-7-15)10-12-4-3-5-13(17)14(12)18/h3-5H,6-10H2,1-2H3. The number of hydrogen-bond donors (Lipinski definition) is 0. The van der Waals surface area contributed by atoms with E-state index in [4.69, 9.17) is 0 Å². The van der Waals surface area contributed by atoms with Crippen LogP contribution in [0.5, 0.6) is 0 Å². The van der Waals surface area contributed by atoms with Crippen LogP contribution in [0, 0.1) is 33.8 Å². The highest BCUT2D eigenvalue weighted by Gasteiger charge is 2.39. The van der Waals surface area contributed by atoms with Gasteiger partial charge in [-0.1, -0.05) is 26.0 Å². The molecule has 1 fully saturated rings. The Balaban J connectivity index is 2.21. The Hall–Kier alpha value is -1.43. The second-order valence-electron chi connectivity index (χ2n) is 6.45. The van der Waals surface area contributed by atoms with E-state index < -0.39 is 17.0 Å². The molecule has 0 aliphatic heterocycles. The maximum absolute atomic E-state index is 13.7. The monoisotopic (exact) mass is 263 g/mol. The molecule has 0 aromatic heterocycles. The van der Waals surface area contributed by atoms with E-state index in [0.29, 0.717) is 12.0 Å². The molecule has 102 valence electrons. The Bertz CT molecular complexity index is 504. The largest absolute Gasteiger partial charge is 0.204 e. The molecular weight excluding hydrogens is 244 g/mol. The Kier molecular flexibility index (Phi) is 3.62. The number of nitrogens with zero attached hydrogens (tertiary/aromatic N) is 1. The van der Waals surface area contributed by atoms with Crippen molar-refractivity contribution in [1.29, 1.82) is 5.26 Å². The lowest BCUT2D eigenvalue weighted by Crippen LogP contribution is -2.32. The van der Waals surface area contributed by atoms with E-state index in [-0.39, 0.29) is 5.41 Å². The molecule has 19 heavy (non-hydrogen) atoms. The summed E-state index contributed by atoms with van der Waals surface area (Å²) in [7, 11) is 0. The van der Waals surface area contributed by atoms with E-state index in [1.165, 1.54) is 6.07 Å². The van der Waals surface area contributed by atoms with Gasteiger partial charge in [-0.25, -0.2) is 8.78 Å². The number of hydrogen-bond acceptors (Lipinski definition) is 1. The zero-order chi connectivity index (χ0) is 14.1. The van der Waals surface area contributed by atoms with Gasteiger partial charge >= 0.3 is 0 Å². The Morgan fingerprint density at radius 2 is 1.79 bits per heavy atom. The number of benzene rings is 1. The topological polar surface area (TPSA) is 23.8 Å². The van der Waals surface area contributed by atoms with Gasteiger partial charge in [-0.15, -0.1) is 0 Å². The highest BCUT2D eigenvalue weighted by Crippen LogP contribution is 2.46. The van der Waals surface area contributed by atoms with Gasteiger partial charge in [-0.2, -0.15) is 5.26 Å². The maximum Gasteiger partial charge on any atom is 0.162 e. The summed E-state index contributed by atoms with van der Waals surface area (Å²) in [4.78, 5) is 0. The third-order valence-electron chi connectivity index (χ3n) is 4.36. The minimum Gasteiger partial charge on any atom is -0.204 e. The molecular formula is C16H19F2N. The van der Waals surface area contributed by atoms with Crippen molar-refractivity contribution in [2.24, 2.45) is 10.8 Å². The van der Waals surface area contributed by atoms with Gasteiger partial charge in [0, 0.05) is 0 Å². The van der Waals surface area contributed by atoms with E-state index >= 15 is 0 Å². The molecule has 0 unspecified atom stereocenters. The first kappa shape index (κ1) is 14.0. The molecule has 3 heteroatoms. The average Bonchev–Trinajstić information content (AvgIpc) is 2.38. The minimum absolute atomic E-state index is 0.251. The van der Waals surface area contributed by atoms with Crippen molar-refractivity contribution in [3.05, 3.63) is 35.4 Å². The third-order valence-corrected chi connectivity index (χ3v) is 4.36. The Morgan fingerprint density at radius 3 is 2.37 bits per heavy atom. The summed E-state index contributed by atoms with van der Waals surface area (Å²) >= 11 is 0. The zero-order valence-electron chi connectivity index (χ0n) is 11.5. The van der Waals surface area contributed by atoms with Crippen molar-refractivity contribution in [3.8, 4) is 6.07 Å². The van der Waals surface area contributed by atoms with E-state index in [9.17, 15) is 14.0 Å². The first-order valence-electron chi connectivity index (χ1n) is 6.72. The molecule has 0 amide bonds. The van der Waals surface area contributed by atoms with E-state index in [2.05, 4.69) is 19.9 Å². The van der Waals surface area contributed by atoms with Gasteiger partial charge in [0.15, 0.2) is 11.6 Å². The van der Waals surface area contributed by atoms with E-state index in [1.807, 2.05) is 0 Å². The predicted molar refractivity (Wildman–Crippen MR) is 70.4 cm³/mol. The van der Waals surface area contributed by atoms with Gasteiger partial charge in [0.25, 0.3) is 0 Å². The van der Waals surface area contributed by atoms with Crippen LogP contribution in [0.3, 0.4) is 0 Å². The number of rotatable bonds is 2. The van der Waals surface area contributed by atoms with Crippen LogP contribution in [-0.2, 0) is 6.42 Å². The van der Waals surface area contributed by atoms with Gasteiger partial charge in [0.2, 0.25) is 0 Å². The van der Waals surface area contributed by atoms with Crippen molar-refractivity contribution in [2.75, 3.05) is 0 Å². The molecule has 0 radical (unpaired) electrons. The molecule has 2 rings (SSSR count). The highest BCUT2D eigenvalue weighted by atomic mass is 19.2. The van der Waals surface area contributed by atoms with Crippen LogP contribution >= 0.6 is 0 Å². The van der Waals surface area contributed by atoms with Crippen LogP contribution in [0.1, 0.15) is 45.1 Å². The SMILES string of the molecule is CC1(C)CCC(C#N)(Cc2cccc(F)c2F)CC1. The molecule has 0 saturated heterocycles. The summed E-state index contributed by atoms with van der Waals surface area (Å²) in [6, 6.07) is 6.56. The molecule has 1 aliphatic rings. The van der Waals surface area contributed by atoms with E-state index in [1.54, 1.807) is 6.07 Å². The molecule has 0 N–H and O–H groups in total. The van der Waals surface area contributed by atoms with Crippen molar-refractivity contribution in [3.63, 3.8) is 0 Å². The lowest BCUT2D eigenvalue weighted by atomic mass is 9.64.